The fourth-order valence-corrected chi connectivity index (χ4v) is 4.53. The molecule has 0 bridgehead atoms. The van der Waals surface area contributed by atoms with Crippen LogP contribution in [-0.2, 0) is 21.3 Å². The van der Waals surface area contributed by atoms with Gasteiger partial charge in [-0.1, -0.05) is 17.7 Å². The van der Waals surface area contributed by atoms with Crippen LogP contribution in [0, 0.1) is 20.8 Å². The third kappa shape index (κ3) is 4.05. The van der Waals surface area contributed by atoms with E-state index in [0.717, 1.165) is 16.7 Å². The van der Waals surface area contributed by atoms with E-state index >= 15 is 0 Å². The van der Waals surface area contributed by atoms with Crippen LogP contribution in [0.3, 0.4) is 0 Å². The predicted octanol–water partition coefficient (Wildman–Crippen LogP) is 2.60. The van der Waals surface area contributed by atoms with Crippen molar-refractivity contribution in [1.29, 1.82) is 0 Å². The molecule has 1 fully saturated rings. The fourth-order valence-electron chi connectivity index (χ4n) is 3.02. The van der Waals surface area contributed by atoms with Crippen molar-refractivity contribution in [3.63, 3.8) is 0 Å². The Labute approximate surface area is 127 Å². The molecule has 0 aromatic heterocycles. The summed E-state index contributed by atoms with van der Waals surface area (Å²) in [4.78, 5) is 0. The summed E-state index contributed by atoms with van der Waals surface area (Å²) in [6.07, 6.45) is 1.16. The molecule has 2 unspecified atom stereocenters. The Balaban J connectivity index is 2.08. The van der Waals surface area contributed by atoms with Gasteiger partial charge in [0.15, 0.2) is 0 Å². The first kappa shape index (κ1) is 16.5. The molecule has 0 aliphatic carbocycles. The summed E-state index contributed by atoms with van der Waals surface area (Å²) < 4.78 is 33.1. The molecule has 1 N–H and O–H groups in total. The Kier molecular flexibility index (Phi) is 5.07. The summed E-state index contributed by atoms with van der Waals surface area (Å²) in [6.45, 7) is 8.93. The van der Waals surface area contributed by atoms with Crippen molar-refractivity contribution in [2.45, 2.75) is 58.4 Å². The van der Waals surface area contributed by atoms with E-state index in [1.54, 1.807) is 0 Å². The van der Waals surface area contributed by atoms with Crippen LogP contribution >= 0.6 is 0 Å². The van der Waals surface area contributed by atoms with Crippen LogP contribution in [0.15, 0.2) is 12.1 Å². The van der Waals surface area contributed by atoms with Crippen molar-refractivity contribution < 1.29 is 13.2 Å². The van der Waals surface area contributed by atoms with Crippen molar-refractivity contribution in [2.24, 2.45) is 0 Å². The van der Waals surface area contributed by atoms with Crippen LogP contribution in [0.2, 0.25) is 0 Å². The number of nitrogens with one attached hydrogen (secondary N) is 1. The SMILES string of the molecule is Cc1cc(C)c(CNS(=O)(=O)C2CCOC(C)C2)c(C)c1. The van der Waals surface area contributed by atoms with E-state index in [2.05, 4.69) is 23.8 Å². The second kappa shape index (κ2) is 6.46. The van der Waals surface area contributed by atoms with Crippen molar-refractivity contribution in [3.8, 4) is 0 Å². The summed E-state index contributed by atoms with van der Waals surface area (Å²) in [5.41, 5.74) is 4.55. The lowest BCUT2D eigenvalue weighted by Crippen LogP contribution is -2.40. The second-order valence-electron chi connectivity index (χ2n) is 6.07. The van der Waals surface area contributed by atoms with Crippen molar-refractivity contribution in [3.05, 3.63) is 34.4 Å². The number of rotatable bonds is 4. The second-order valence-corrected chi connectivity index (χ2v) is 8.12. The van der Waals surface area contributed by atoms with Crippen LogP contribution < -0.4 is 4.72 Å². The quantitative estimate of drug-likeness (QED) is 0.930. The first-order chi connectivity index (χ1) is 9.79. The van der Waals surface area contributed by atoms with Gasteiger partial charge in [0.2, 0.25) is 10.0 Å². The van der Waals surface area contributed by atoms with Crippen LogP contribution in [0.4, 0.5) is 0 Å². The van der Waals surface area contributed by atoms with Crippen LogP contribution in [0.5, 0.6) is 0 Å². The molecule has 1 aliphatic rings. The van der Waals surface area contributed by atoms with E-state index in [-0.39, 0.29) is 11.4 Å². The Hall–Kier alpha value is -0.910. The highest BCUT2D eigenvalue weighted by atomic mass is 32.2. The van der Waals surface area contributed by atoms with Crippen LogP contribution in [0.1, 0.15) is 42.0 Å². The molecule has 2 atom stereocenters. The number of hydrogen-bond acceptors (Lipinski definition) is 3. The number of benzene rings is 1. The van der Waals surface area contributed by atoms with Gasteiger partial charge in [0, 0.05) is 13.2 Å². The third-order valence-corrected chi connectivity index (χ3v) is 6.02. The molecule has 21 heavy (non-hydrogen) atoms. The van der Waals surface area contributed by atoms with Crippen molar-refractivity contribution in [2.75, 3.05) is 6.61 Å². The molecule has 1 aromatic rings. The normalized spacial score (nSPS) is 23.2. The molecular weight excluding hydrogens is 286 g/mol. The van der Waals surface area contributed by atoms with E-state index in [1.807, 2.05) is 20.8 Å². The van der Waals surface area contributed by atoms with Gasteiger partial charge in [0.25, 0.3) is 0 Å². The van der Waals surface area contributed by atoms with Gasteiger partial charge in [-0.3, -0.25) is 0 Å². The lowest BCUT2D eigenvalue weighted by molar-refractivity contribution is 0.0299. The first-order valence-electron chi connectivity index (χ1n) is 7.46. The maximum atomic E-state index is 12.4. The maximum absolute atomic E-state index is 12.4. The molecule has 0 radical (unpaired) electrons. The number of aryl methyl sites for hydroxylation is 3. The zero-order valence-electron chi connectivity index (χ0n) is 13.3. The zero-order valence-corrected chi connectivity index (χ0v) is 14.1. The van der Waals surface area contributed by atoms with Gasteiger partial charge < -0.3 is 4.74 Å². The Bertz CT molecular complexity index is 587. The fraction of sp³-hybridized carbons (Fsp3) is 0.625. The van der Waals surface area contributed by atoms with E-state index in [0.29, 0.717) is 26.0 Å². The molecule has 0 spiro atoms. The summed E-state index contributed by atoms with van der Waals surface area (Å²) in [7, 11) is -3.29. The Morgan fingerprint density at radius 1 is 1.24 bits per heavy atom. The first-order valence-corrected chi connectivity index (χ1v) is 9.01. The molecule has 0 amide bonds. The molecule has 2 rings (SSSR count). The highest BCUT2D eigenvalue weighted by molar-refractivity contribution is 7.90. The summed E-state index contributed by atoms with van der Waals surface area (Å²) in [5.74, 6) is 0. The molecule has 1 saturated heterocycles. The summed E-state index contributed by atoms with van der Waals surface area (Å²) >= 11 is 0. The van der Waals surface area contributed by atoms with Crippen LogP contribution in [-0.4, -0.2) is 26.4 Å². The van der Waals surface area contributed by atoms with E-state index < -0.39 is 10.0 Å². The van der Waals surface area contributed by atoms with E-state index in [4.69, 9.17) is 4.74 Å². The highest BCUT2D eigenvalue weighted by Crippen LogP contribution is 2.21. The molecule has 1 aromatic carbocycles. The molecule has 1 heterocycles. The molecule has 0 saturated carbocycles. The highest BCUT2D eigenvalue weighted by Gasteiger charge is 2.30. The topological polar surface area (TPSA) is 55.4 Å². The predicted molar refractivity (Wildman–Crippen MR) is 84.8 cm³/mol. The largest absolute Gasteiger partial charge is 0.378 e. The standard InChI is InChI=1S/C16H25NO3S/c1-11-7-12(2)16(13(3)8-11)10-17-21(18,19)15-5-6-20-14(4)9-15/h7-8,14-15,17H,5-6,9-10H2,1-4H3. The summed E-state index contributed by atoms with van der Waals surface area (Å²) in [6, 6.07) is 4.18. The minimum Gasteiger partial charge on any atom is -0.378 e. The van der Waals surface area contributed by atoms with Gasteiger partial charge in [-0.15, -0.1) is 0 Å². The van der Waals surface area contributed by atoms with Crippen molar-refractivity contribution >= 4 is 10.0 Å². The number of hydrogen-bond donors (Lipinski definition) is 1. The molecule has 5 heteroatoms. The Morgan fingerprint density at radius 3 is 2.43 bits per heavy atom. The van der Waals surface area contributed by atoms with Gasteiger partial charge in [-0.05, 0) is 57.2 Å². The molecule has 118 valence electrons. The molecule has 1 aliphatic heterocycles. The molecular formula is C16H25NO3S. The average molecular weight is 311 g/mol. The van der Waals surface area contributed by atoms with Crippen molar-refractivity contribution in [1.82, 2.24) is 4.72 Å². The molecule has 4 nitrogen and oxygen atoms in total. The minimum atomic E-state index is -3.29. The van der Waals surface area contributed by atoms with Gasteiger partial charge in [0.1, 0.15) is 0 Å². The number of ether oxygens (including phenoxy) is 1. The van der Waals surface area contributed by atoms with Gasteiger partial charge in [-0.25, -0.2) is 13.1 Å². The lowest BCUT2D eigenvalue weighted by atomic mass is 10.0. The Morgan fingerprint density at radius 2 is 1.86 bits per heavy atom. The lowest BCUT2D eigenvalue weighted by Gasteiger charge is -2.27. The number of sulfonamides is 1. The zero-order chi connectivity index (χ0) is 15.6. The van der Waals surface area contributed by atoms with Gasteiger partial charge in [0.05, 0.1) is 11.4 Å². The maximum Gasteiger partial charge on any atom is 0.214 e. The van der Waals surface area contributed by atoms with E-state index in [1.165, 1.54) is 5.56 Å². The average Bonchev–Trinajstić information content (AvgIpc) is 2.37. The monoisotopic (exact) mass is 311 g/mol. The minimum absolute atomic E-state index is 0.0168. The van der Waals surface area contributed by atoms with Gasteiger partial charge >= 0.3 is 0 Å². The summed E-state index contributed by atoms with van der Waals surface area (Å²) in [5, 5.41) is -0.340. The van der Waals surface area contributed by atoms with Gasteiger partial charge in [-0.2, -0.15) is 0 Å². The van der Waals surface area contributed by atoms with E-state index in [9.17, 15) is 8.42 Å². The smallest absolute Gasteiger partial charge is 0.214 e. The third-order valence-electron chi connectivity index (χ3n) is 4.17. The van der Waals surface area contributed by atoms with Crippen LogP contribution in [0.25, 0.3) is 0 Å².